The summed E-state index contributed by atoms with van der Waals surface area (Å²) in [5.41, 5.74) is -1.60. The van der Waals surface area contributed by atoms with Crippen LogP contribution in [0.2, 0.25) is 0 Å². The summed E-state index contributed by atoms with van der Waals surface area (Å²) in [6.07, 6.45) is -0.651. The molecule has 78 valence electrons. The predicted molar refractivity (Wildman–Crippen MR) is 50.9 cm³/mol. The fourth-order valence-electron chi connectivity index (χ4n) is 1.57. The second-order valence-electron chi connectivity index (χ2n) is 3.36. The molecule has 0 amide bonds. The van der Waals surface area contributed by atoms with Crippen molar-refractivity contribution in [1.82, 2.24) is 0 Å². The van der Waals surface area contributed by atoms with Crippen LogP contribution in [0.5, 0.6) is 0 Å². The molecule has 0 aliphatic carbocycles. The van der Waals surface area contributed by atoms with Gasteiger partial charge in [0.05, 0.1) is 6.61 Å². The van der Waals surface area contributed by atoms with Crippen molar-refractivity contribution in [3.63, 3.8) is 0 Å². The minimum atomic E-state index is -1.07. The molecule has 13 heavy (non-hydrogen) atoms. The SMILES string of the molecule is COC[C@H]1O[C@@H](S)[C@@](C)(O)[C@@H]1OC. The molecule has 1 heterocycles. The molecule has 0 aromatic rings. The van der Waals surface area contributed by atoms with Crippen LogP contribution in [0.4, 0.5) is 0 Å². The third-order valence-electron chi connectivity index (χ3n) is 2.30. The Hall–Kier alpha value is 0.190. The third kappa shape index (κ3) is 1.99. The molecule has 4 nitrogen and oxygen atoms in total. The van der Waals surface area contributed by atoms with Crippen LogP contribution in [0.25, 0.3) is 0 Å². The number of thiol groups is 1. The van der Waals surface area contributed by atoms with E-state index in [2.05, 4.69) is 12.6 Å². The van der Waals surface area contributed by atoms with E-state index in [0.717, 1.165) is 0 Å². The van der Waals surface area contributed by atoms with E-state index in [9.17, 15) is 5.11 Å². The number of methoxy groups -OCH3 is 2. The van der Waals surface area contributed by atoms with Gasteiger partial charge in [0.25, 0.3) is 0 Å². The smallest absolute Gasteiger partial charge is 0.132 e. The lowest BCUT2D eigenvalue weighted by atomic mass is 9.99. The molecule has 1 saturated heterocycles. The van der Waals surface area contributed by atoms with E-state index in [4.69, 9.17) is 14.2 Å². The first kappa shape index (κ1) is 11.3. The number of rotatable bonds is 3. The van der Waals surface area contributed by atoms with Crippen LogP contribution in [0.15, 0.2) is 0 Å². The number of ether oxygens (including phenoxy) is 3. The van der Waals surface area contributed by atoms with Crippen LogP contribution >= 0.6 is 12.6 Å². The van der Waals surface area contributed by atoms with Gasteiger partial charge in [-0.3, -0.25) is 0 Å². The van der Waals surface area contributed by atoms with Gasteiger partial charge in [-0.05, 0) is 6.92 Å². The van der Waals surface area contributed by atoms with Gasteiger partial charge in [-0.1, -0.05) is 0 Å². The molecule has 0 radical (unpaired) electrons. The highest BCUT2D eigenvalue weighted by Crippen LogP contribution is 2.34. The summed E-state index contributed by atoms with van der Waals surface area (Å²) in [6, 6.07) is 0. The van der Waals surface area contributed by atoms with Gasteiger partial charge in [-0.2, -0.15) is 0 Å². The average molecular weight is 208 g/mol. The van der Waals surface area contributed by atoms with E-state index in [-0.39, 0.29) is 6.10 Å². The van der Waals surface area contributed by atoms with Gasteiger partial charge >= 0.3 is 0 Å². The lowest BCUT2D eigenvalue weighted by molar-refractivity contribution is -0.0716. The van der Waals surface area contributed by atoms with Gasteiger partial charge < -0.3 is 19.3 Å². The topological polar surface area (TPSA) is 47.9 Å². The second kappa shape index (κ2) is 4.14. The molecule has 0 aromatic carbocycles. The molecule has 0 aromatic heterocycles. The zero-order valence-corrected chi connectivity index (χ0v) is 8.95. The first-order valence-electron chi connectivity index (χ1n) is 4.11. The minimum Gasteiger partial charge on any atom is -0.384 e. The molecule has 0 saturated carbocycles. The third-order valence-corrected chi connectivity index (χ3v) is 2.95. The molecule has 0 bridgehead atoms. The summed E-state index contributed by atoms with van der Waals surface area (Å²) in [5, 5.41) is 9.94. The summed E-state index contributed by atoms with van der Waals surface area (Å²) in [6.45, 7) is 2.04. The zero-order chi connectivity index (χ0) is 10.1. The first-order valence-corrected chi connectivity index (χ1v) is 4.63. The normalized spacial score (nSPS) is 45.5. The van der Waals surface area contributed by atoms with E-state index < -0.39 is 17.1 Å². The maximum Gasteiger partial charge on any atom is 0.132 e. The summed E-state index contributed by atoms with van der Waals surface area (Å²) in [4.78, 5) is 0. The Balaban J connectivity index is 2.70. The molecular formula is C8H16O4S. The molecule has 4 atom stereocenters. The molecule has 1 aliphatic rings. The van der Waals surface area contributed by atoms with E-state index in [1.165, 1.54) is 7.11 Å². The lowest BCUT2D eigenvalue weighted by Crippen LogP contribution is -2.45. The molecule has 5 heteroatoms. The minimum absolute atomic E-state index is 0.257. The van der Waals surface area contributed by atoms with Crippen molar-refractivity contribution in [2.45, 2.75) is 30.2 Å². The van der Waals surface area contributed by atoms with Crippen molar-refractivity contribution in [3.05, 3.63) is 0 Å². The van der Waals surface area contributed by atoms with E-state index in [0.29, 0.717) is 6.61 Å². The number of hydrogen-bond donors (Lipinski definition) is 2. The fourth-order valence-corrected chi connectivity index (χ4v) is 1.88. The molecule has 1 aliphatic heterocycles. The van der Waals surface area contributed by atoms with Crippen molar-refractivity contribution < 1.29 is 19.3 Å². The Morgan fingerprint density at radius 3 is 2.62 bits per heavy atom. The van der Waals surface area contributed by atoms with Crippen LogP contribution in [0, 0.1) is 0 Å². The molecule has 0 unspecified atom stereocenters. The van der Waals surface area contributed by atoms with Crippen LogP contribution in [0.1, 0.15) is 6.92 Å². The first-order chi connectivity index (χ1) is 6.04. The predicted octanol–water partition coefficient (Wildman–Crippen LogP) is 0.0535. The number of hydrogen-bond acceptors (Lipinski definition) is 5. The van der Waals surface area contributed by atoms with Gasteiger partial charge in [0, 0.05) is 14.2 Å². The molecule has 1 rings (SSSR count). The highest BCUT2D eigenvalue weighted by molar-refractivity contribution is 7.80. The Bertz CT molecular complexity index is 174. The average Bonchev–Trinajstić information content (AvgIpc) is 2.24. The van der Waals surface area contributed by atoms with Gasteiger partial charge in [-0.25, -0.2) is 0 Å². The van der Waals surface area contributed by atoms with Gasteiger partial charge in [0.15, 0.2) is 0 Å². The second-order valence-corrected chi connectivity index (χ2v) is 3.83. The van der Waals surface area contributed by atoms with E-state index in [1.807, 2.05) is 0 Å². The van der Waals surface area contributed by atoms with Crippen molar-refractivity contribution in [3.8, 4) is 0 Å². The Labute approximate surface area is 83.6 Å². The molecule has 1 fully saturated rings. The zero-order valence-electron chi connectivity index (χ0n) is 8.06. The van der Waals surface area contributed by atoms with Crippen LogP contribution in [0.3, 0.4) is 0 Å². The van der Waals surface area contributed by atoms with Crippen molar-refractivity contribution >= 4 is 12.6 Å². The summed E-state index contributed by atoms with van der Waals surface area (Å²) >= 11 is 4.13. The Morgan fingerprint density at radius 2 is 2.15 bits per heavy atom. The van der Waals surface area contributed by atoms with Crippen LogP contribution in [-0.4, -0.2) is 49.2 Å². The summed E-state index contributed by atoms with van der Waals surface area (Å²) in [5.74, 6) is 0. The van der Waals surface area contributed by atoms with Crippen molar-refractivity contribution in [2.75, 3.05) is 20.8 Å². The Morgan fingerprint density at radius 1 is 1.54 bits per heavy atom. The van der Waals surface area contributed by atoms with Crippen LogP contribution < -0.4 is 0 Å². The standard InChI is InChI=1S/C8H16O4S/c1-8(9)6(11-3)5(4-10-2)12-7(8)13/h5-7,9,13H,4H2,1-3H3/t5-,6-,7+,8+/m1/s1. The van der Waals surface area contributed by atoms with Crippen molar-refractivity contribution in [2.24, 2.45) is 0 Å². The molecular weight excluding hydrogens is 192 g/mol. The number of aliphatic hydroxyl groups is 1. The van der Waals surface area contributed by atoms with Crippen LogP contribution in [-0.2, 0) is 14.2 Å². The maximum atomic E-state index is 9.94. The highest BCUT2D eigenvalue weighted by atomic mass is 32.1. The van der Waals surface area contributed by atoms with Gasteiger partial charge in [0.2, 0.25) is 0 Å². The lowest BCUT2D eigenvalue weighted by Gasteiger charge is -2.26. The maximum absolute atomic E-state index is 9.94. The highest BCUT2D eigenvalue weighted by Gasteiger charge is 2.51. The van der Waals surface area contributed by atoms with E-state index >= 15 is 0 Å². The van der Waals surface area contributed by atoms with Crippen molar-refractivity contribution in [1.29, 1.82) is 0 Å². The van der Waals surface area contributed by atoms with Gasteiger partial charge in [-0.15, -0.1) is 12.6 Å². The molecule has 0 spiro atoms. The molecule has 1 N–H and O–H groups in total. The largest absolute Gasteiger partial charge is 0.384 e. The quantitative estimate of drug-likeness (QED) is 0.644. The van der Waals surface area contributed by atoms with Gasteiger partial charge in [0.1, 0.15) is 23.2 Å². The monoisotopic (exact) mass is 208 g/mol. The van der Waals surface area contributed by atoms with E-state index in [1.54, 1.807) is 14.0 Å². The fraction of sp³-hybridized carbons (Fsp3) is 1.00. The summed E-state index contributed by atoms with van der Waals surface area (Å²) < 4.78 is 15.5. The Kier molecular flexibility index (Phi) is 3.59. The summed E-state index contributed by atoms with van der Waals surface area (Å²) in [7, 11) is 3.12.